The first kappa shape index (κ1) is 13.6. The molecule has 0 aliphatic heterocycles. The van der Waals surface area contributed by atoms with E-state index in [-0.39, 0.29) is 5.75 Å². The van der Waals surface area contributed by atoms with Gasteiger partial charge in [0.15, 0.2) is 0 Å². The van der Waals surface area contributed by atoms with Crippen molar-refractivity contribution in [1.29, 1.82) is 0 Å². The van der Waals surface area contributed by atoms with Crippen LogP contribution in [0, 0.1) is 6.92 Å². The van der Waals surface area contributed by atoms with Gasteiger partial charge in [0.25, 0.3) is 0 Å². The van der Waals surface area contributed by atoms with Crippen LogP contribution >= 0.6 is 0 Å². The highest BCUT2D eigenvalue weighted by Gasteiger charge is 2.04. The molecule has 23 heavy (non-hydrogen) atoms. The molecule has 0 amide bonds. The van der Waals surface area contributed by atoms with Crippen molar-refractivity contribution in [2.24, 2.45) is 0 Å². The Morgan fingerprint density at radius 2 is 1.43 bits per heavy atom. The summed E-state index contributed by atoms with van der Waals surface area (Å²) in [7, 11) is 0. The highest BCUT2D eigenvalue weighted by molar-refractivity contribution is 5.82. The van der Waals surface area contributed by atoms with E-state index in [1.807, 2.05) is 25.1 Å². The highest BCUT2D eigenvalue weighted by atomic mass is 16.3. The zero-order chi connectivity index (χ0) is 15.8. The molecule has 0 aliphatic carbocycles. The Kier molecular flexibility index (Phi) is 3.12. The van der Waals surface area contributed by atoms with Gasteiger partial charge in [0.2, 0.25) is 0 Å². The fraction of sp³-hybridized carbons (Fsp3) is 0.0500. The number of aromatic hydroxyl groups is 1. The number of aromatic nitrogens is 2. The van der Waals surface area contributed by atoms with Crippen LogP contribution in [0.25, 0.3) is 33.3 Å². The summed E-state index contributed by atoms with van der Waals surface area (Å²) in [6.07, 6.45) is 0. The minimum absolute atomic E-state index is 0.284. The Hall–Kier alpha value is -3.07. The first-order valence-electron chi connectivity index (χ1n) is 7.55. The standard InChI is InChI=1S/C20H16N2O/c1-13-21-19-10-9-17(12-20(19)22-13)15-7-5-14(6-8-15)16-3-2-4-18(23)11-16/h2-12,23H,1H3,(H,21,22). The Morgan fingerprint density at radius 3 is 2.13 bits per heavy atom. The maximum absolute atomic E-state index is 9.60. The van der Waals surface area contributed by atoms with Gasteiger partial charge in [-0.05, 0) is 53.4 Å². The van der Waals surface area contributed by atoms with Gasteiger partial charge in [0.1, 0.15) is 11.6 Å². The van der Waals surface area contributed by atoms with Crippen molar-refractivity contribution in [3.8, 4) is 28.0 Å². The van der Waals surface area contributed by atoms with Gasteiger partial charge in [-0.15, -0.1) is 0 Å². The van der Waals surface area contributed by atoms with Crippen molar-refractivity contribution >= 4 is 11.0 Å². The van der Waals surface area contributed by atoms with Crippen LogP contribution in [-0.2, 0) is 0 Å². The van der Waals surface area contributed by atoms with Crippen LogP contribution in [0.2, 0.25) is 0 Å². The molecule has 4 aromatic rings. The third-order valence-electron chi connectivity index (χ3n) is 4.00. The Labute approximate surface area is 134 Å². The third-order valence-corrected chi connectivity index (χ3v) is 4.00. The monoisotopic (exact) mass is 300 g/mol. The predicted molar refractivity (Wildman–Crippen MR) is 93.4 cm³/mol. The number of rotatable bonds is 2. The molecule has 112 valence electrons. The van der Waals surface area contributed by atoms with Crippen LogP contribution in [0.5, 0.6) is 5.75 Å². The average Bonchev–Trinajstić information content (AvgIpc) is 2.94. The molecule has 4 rings (SSSR count). The van der Waals surface area contributed by atoms with E-state index in [1.54, 1.807) is 12.1 Å². The number of H-pyrrole nitrogens is 1. The molecule has 0 saturated heterocycles. The summed E-state index contributed by atoms with van der Waals surface area (Å²) in [6.45, 7) is 1.96. The quantitative estimate of drug-likeness (QED) is 0.552. The molecular formula is C20H16N2O. The largest absolute Gasteiger partial charge is 0.508 e. The van der Waals surface area contributed by atoms with Gasteiger partial charge in [0.05, 0.1) is 11.0 Å². The normalized spacial score (nSPS) is 11.0. The van der Waals surface area contributed by atoms with Gasteiger partial charge < -0.3 is 10.1 Å². The molecule has 0 unspecified atom stereocenters. The molecule has 0 aliphatic rings. The number of nitrogens with zero attached hydrogens (tertiary/aromatic N) is 1. The molecule has 0 spiro atoms. The van der Waals surface area contributed by atoms with Crippen LogP contribution in [-0.4, -0.2) is 15.1 Å². The highest BCUT2D eigenvalue weighted by Crippen LogP contribution is 2.28. The number of fused-ring (bicyclic) bond motifs is 1. The molecular weight excluding hydrogens is 284 g/mol. The number of phenols is 1. The number of phenolic OH excluding ortho intramolecular Hbond substituents is 1. The predicted octanol–water partition coefficient (Wildman–Crippen LogP) is 4.91. The third kappa shape index (κ3) is 2.57. The average molecular weight is 300 g/mol. The fourth-order valence-corrected chi connectivity index (χ4v) is 2.86. The van der Waals surface area contributed by atoms with Gasteiger partial charge in [-0.25, -0.2) is 4.98 Å². The number of aryl methyl sites for hydroxylation is 1. The smallest absolute Gasteiger partial charge is 0.116 e. The molecule has 3 nitrogen and oxygen atoms in total. The van der Waals surface area contributed by atoms with Crippen LogP contribution < -0.4 is 0 Å². The second-order valence-electron chi connectivity index (χ2n) is 5.68. The van der Waals surface area contributed by atoms with E-state index in [0.717, 1.165) is 39.1 Å². The Bertz CT molecular complexity index is 984. The molecule has 1 aromatic heterocycles. The Balaban J connectivity index is 1.71. The van der Waals surface area contributed by atoms with Crippen LogP contribution in [0.1, 0.15) is 5.82 Å². The zero-order valence-electron chi connectivity index (χ0n) is 12.7. The molecule has 1 heterocycles. The SMILES string of the molecule is Cc1nc2ccc(-c3ccc(-c4cccc(O)c4)cc3)cc2[nH]1. The van der Waals surface area contributed by atoms with E-state index in [9.17, 15) is 5.11 Å². The van der Waals surface area contributed by atoms with E-state index in [0.29, 0.717) is 0 Å². The molecule has 0 fully saturated rings. The summed E-state index contributed by atoms with van der Waals surface area (Å²) < 4.78 is 0. The number of hydrogen-bond acceptors (Lipinski definition) is 2. The second kappa shape index (κ2) is 5.29. The van der Waals surface area contributed by atoms with Gasteiger partial charge in [-0.2, -0.15) is 0 Å². The lowest BCUT2D eigenvalue weighted by Crippen LogP contribution is -1.81. The first-order valence-corrected chi connectivity index (χ1v) is 7.55. The molecule has 3 heteroatoms. The summed E-state index contributed by atoms with van der Waals surface area (Å²) in [4.78, 5) is 7.70. The lowest BCUT2D eigenvalue weighted by Gasteiger charge is -2.05. The van der Waals surface area contributed by atoms with E-state index in [1.165, 1.54) is 0 Å². The minimum Gasteiger partial charge on any atom is -0.508 e. The molecule has 0 atom stereocenters. The molecule has 0 bridgehead atoms. The fourth-order valence-electron chi connectivity index (χ4n) is 2.86. The van der Waals surface area contributed by atoms with Gasteiger partial charge in [0, 0.05) is 0 Å². The summed E-state index contributed by atoms with van der Waals surface area (Å²) in [6, 6.07) is 21.9. The van der Waals surface area contributed by atoms with Crippen molar-refractivity contribution < 1.29 is 5.11 Å². The minimum atomic E-state index is 0.284. The van der Waals surface area contributed by atoms with Gasteiger partial charge >= 0.3 is 0 Å². The molecule has 0 saturated carbocycles. The van der Waals surface area contributed by atoms with Crippen LogP contribution in [0.15, 0.2) is 66.7 Å². The lowest BCUT2D eigenvalue weighted by atomic mass is 10.00. The van der Waals surface area contributed by atoms with Crippen molar-refractivity contribution in [2.45, 2.75) is 6.92 Å². The molecule has 3 aromatic carbocycles. The van der Waals surface area contributed by atoms with Crippen molar-refractivity contribution in [3.05, 3.63) is 72.6 Å². The lowest BCUT2D eigenvalue weighted by molar-refractivity contribution is 0.475. The van der Waals surface area contributed by atoms with Crippen molar-refractivity contribution in [2.75, 3.05) is 0 Å². The summed E-state index contributed by atoms with van der Waals surface area (Å²) in [5.41, 5.74) is 6.45. The maximum atomic E-state index is 9.60. The number of nitrogens with one attached hydrogen (secondary N) is 1. The number of hydrogen-bond donors (Lipinski definition) is 2. The van der Waals surface area contributed by atoms with Gasteiger partial charge in [-0.3, -0.25) is 0 Å². The van der Waals surface area contributed by atoms with E-state index < -0.39 is 0 Å². The number of benzene rings is 3. The summed E-state index contributed by atoms with van der Waals surface area (Å²) in [5.74, 6) is 1.21. The summed E-state index contributed by atoms with van der Waals surface area (Å²) >= 11 is 0. The van der Waals surface area contributed by atoms with Gasteiger partial charge in [-0.1, -0.05) is 42.5 Å². The van der Waals surface area contributed by atoms with Crippen LogP contribution in [0.4, 0.5) is 0 Å². The molecule has 2 N–H and O–H groups in total. The van der Waals surface area contributed by atoms with Crippen LogP contribution in [0.3, 0.4) is 0 Å². The molecule has 0 radical (unpaired) electrons. The van der Waals surface area contributed by atoms with Crippen molar-refractivity contribution in [1.82, 2.24) is 9.97 Å². The first-order chi connectivity index (χ1) is 11.2. The zero-order valence-corrected chi connectivity index (χ0v) is 12.7. The van der Waals surface area contributed by atoms with E-state index in [4.69, 9.17) is 0 Å². The maximum Gasteiger partial charge on any atom is 0.116 e. The van der Waals surface area contributed by atoms with Crippen molar-refractivity contribution in [3.63, 3.8) is 0 Å². The van der Waals surface area contributed by atoms with E-state index in [2.05, 4.69) is 46.4 Å². The topological polar surface area (TPSA) is 48.9 Å². The second-order valence-corrected chi connectivity index (χ2v) is 5.68. The number of imidazole rings is 1. The summed E-state index contributed by atoms with van der Waals surface area (Å²) in [5, 5.41) is 9.60. The number of aromatic amines is 1. The van der Waals surface area contributed by atoms with E-state index >= 15 is 0 Å². The Morgan fingerprint density at radius 1 is 0.783 bits per heavy atom.